The Balaban J connectivity index is 1.69. The first-order valence-electron chi connectivity index (χ1n) is 6.78. The highest BCUT2D eigenvalue weighted by atomic mass is 32.2. The number of benzene rings is 1. The van der Waals surface area contributed by atoms with Crippen LogP contribution in [-0.4, -0.2) is 17.5 Å². The van der Waals surface area contributed by atoms with Crippen molar-refractivity contribution in [2.24, 2.45) is 0 Å². The maximum atomic E-state index is 3.59. The van der Waals surface area contributed by atoms with E-state index in [0.717, 1.165) is 18.2 Å². The van der Waals surface area contributed by atoms with E-state index in [1.807, 2.05) is 0 Å². The van der Waals surface area contributed by atoms with E-state index in [1.54, 1.807) is 0 Å². The number of rotatable bonds is 5. The molecular weight excluding hydrogens is 226 g/mol. The Kier molecular flexibility index (Phi) is 5.40. The van der Waals surface area contributed by atoms with Gasteiger partial charge in [0.2, 0.25) is 0 Å². The predicted octanol–water partition coefficient (Wildman–Crippen LogP) is 3.62. The second-order valence-electron chi connectivity index (χ2n) is 4.79. The summed E-state index contributed by atoms with van der Waals surface area (Å²) in [5.41, 5.74) is 2.83. The Morgan fingerprint density at radius 1 is 1.18 bits per heavy atom. The first-order valence-corrected chi connectivity index (χ1v) is 7.83. The molecule has 17 heavy (non-hydrogen) atoms. The fourth-order valence-electron chi connectivity index (χ4n) is 2.24. The van der Waals surface area contributed by atoms with Gasteiger partial charge in [0.15, 0.2) is 0 Å². The van der Waals surface area contributed by atoms with Crippen molar-refractivity contribution >= 4 is 11.8 Å². The molecule has 0 bridgehead atoms. The van der Waals surface area contributed by atoms with E-state index in [2.05, 4.69) is 48.3 Å². The Hall–Kier alpha value is -0.470. The fourth-order valence-corrected chi connectivity index (χ4v) is 3.51. The molecule has 1 aromatic carbocycles. The minimum Gasteiger partial charge on any atom is -0.312 e. The van der Waals surface area contributed by atoms with Crippen LogP contribution in [0.4, 0.5) is 0 Å². The van der Waals surface area contributed by atoms with Gasteiger partial charge in [-0.05, 0) is 36.1 Å². The van der Waals surface area contributed by atoms with Gasteiger partial charge in [0, 0.05) is 18.3 Å². The van der Waals surface area contributed by atoms with Crippen molar-refractivity contribution in [1.82, 2.24) is 5.32 Å². The zero-order valence-corrected chi connectivity index (χ0v) is 11.6. The van der Waals surface area contributed by atoms with Crippen molar-refractivity contribution in [3.63, 3.8) is 0 Å². The molecule has 0 amide bonds. The highest BCUT2D eigenvalue weighted by Crippen LogP contribution is 2.24. The summed E-state index contributed by atoms with van der Waals surface area (Å²) in [6.07, 6.45) is 5.36. The molecule has 0 saturated carbocycles. The van der Waals surface area contributed by atoms with E-state index in [1.165, 1.54) is 42.7 Å². The lowest BCUT2D eigenvalue weighted by Crippen LogP contribution is -2.26. The second kappa shape index (κ2) is 7.07. The third-order valence-corrected chi connectivity index (χ3v) is 4.80. The highest BCUT2D eigenvalue weighted by Gasteiger charge is 2.12. The molecule has 0 aromatic heterocycles. The molecule has 0 radical (unpaired) electrons. The lowest BCUT2D eigenvalue weighted by molar-refractivity contribution is 0.598. The van der Waals surface area contributed by atoms with Crippen LogP contribution in [0.1, 0.15) is 37.3 Å². The predicted molar refractivity (Wildman–Crippen MR) is 77.6 cm³/mol. The molecule has 0 spiro atoms. The van der Waals surface area contributed by atoms with Crippen molar-refractivity contribution in [3.05, 3.63) is 35.4 Å². The van der Waals surface area contributed by atoms with E-state index < -0.39 is 0 Å². The number of aryl methyl sites for hydroxylation is 1. The topological polar surface area (TPSA) is 12.0 Å². The summed E-state index contributed by atoms with van der Waals surface area (Å²) in [5.74, 6) is 1.36. The summed E-state index contributed by atoms with van der Waals surface area (Å²) in [7, 11) is 0. The Morgan fingerprint density at radius 3 is 2.59 bits per heavy atom. The third-order valence-electron chi connectivity index (χ3n) is 3.41. The van der Waals surface area contributed by atoms with Crippen LogP contribution in [0.25, 0.3) is 0 Å². The van der Waals surface area contributed by atoms with Gasteiger partial charge in [0.25, 0.3) is 0 Å². The summed E-state index contributed by atoms with van der Waals surface area (Å²) in [5, 5.41) is 4.43. The molecule has 1 nitrogen and oxygen atoms in total. The normalized spacial score (nSPS) is 20.4. The Bertz CT molecular complexity index is 314. The molecule has 1 aliphatic heterocycles. The summed E-state index contributed by atoms with van der Waals surface area (Å²) in [6.45, 7) is 4.38. The van der Waals surface area contributed by atoms with Crippen LogP contribution in [0, 0.1) is 0 Å². The van der Waals surface area contributed by atoms with Crippen LogP contribution < -0.4 is 5.32 Å². The molecule has 0 aliphatic carbocycles. The fraction of sp³-hybridized carbons (Fsp3) is 0.600. The molecule has 1 saturated heterocycles. The van der Waals surface area contributed by atoms with Gasteiger partial charge in [-0.3, -0.25) is 0 Å². The maximum Gasteiger partial charge on any atom is 0.0205 e. The van der Waals surface area contributed by atoms with Crippen molar-refractivity contribution in [2.45, 2.75) is 44.4 Å². The zero-order valence-electron chi connectivity index (χ0n) is 10.7. The quantitative estimate of drug-likeness (QED) is 0.855. The largest absolute Gasteiger partial charge is 0.312 e. The summed E-state index contributed by atoms with van der Waals surface area (Å²) in [6, 6.07) is 8.98. The zero-order chi connectivity index (χ0) is 11.9. The molecule has 2 heteroatoms. The van der Waals surface area contributed by atoms with Crippen molar-refractivity contribution in [1.29, 1.82) is 0 Å². The minimum absolute atomic E-state index is 0.846. The van der Waals surface area contributed by atoms with Gasteiger partial charge in [-0.25, -0.2) is 0 Å². The van der Waals surface area contributed by atoms with Gasteiger partial charge in [-0.2, -0.15) is 11.8 Å². The average Bonchev–Trinajstić information content (AvgIpc) is 2.41. The molecule has 1 fully saturated rings. The average molecular weight is 249 g/mol. The number of hydrogen-bond acceptors (Lipinski definition) is 2. The van der Waals surface area contributed by atoms with Gasteiger partial charge < -0.3 is 5.32 Å². The third kappa shape index (κ3) is 4.36. The first kappa shape index (κ1) is 13.0. The van der Waals surface area contributed by atoms with E-state index in [4.69, 9.17) is 0 Å². The van der Waals surface area contributed by atoms with Gasteiger partial charge in [0.05, 0.1) is 0 Å². The molecule has 1 unspecified atom stereocenters. The summed E-state index contributed by atoms with van der Waals surface area (Å²) < 4.78 is 0. The van der Waals surface area contributed by atoms with Crippen LogP contribution in [0.15, 0.2) is 24.3 Å². The van der Waals surface area contributed by atoms with Gasteiger partial charge in [-0.15, -0.1) is 0 Å². The van der Waals surface area contributed by atoms with Crippen molar-refractivity contribution in [3.8, 4) is 0 Å². The molecule has 1 N–H and O–H groups in total. The Labute approximate surface area is 109 Å². The SMILES string of the molecule is CCc1ccc(CNCC2CCCCS2)cc1. The standard InChI is InChI=1S/C15H23NS/c1-2-13-6-8-14(9-7-13)11-16-12-15-5-3-4-10-17-15/h6-9,15-16H,2-5,10-12H2,1H3. The van der Waals surface area contributed by atoms with Crippen LogP contribution in [0.2, 0.25) is 0 Å². The van der Waals surface area contributed by atoms with Crippen LogP contribution in [0.3, 0.4) is 0 Å². The summed E-state index contributed by atoms with van der Waals surface area (Å²) >= 11 is 2.14. The molecular formula is C15H23NS. The van der Waals surface area contributed by atoms with Crippen LogP contribution in [-0.2, 0) is 13.0 Å². The van der Waals surface area contributed by atoms with Crippen molar-refractivity contribution < 1.29 is 0 Å². The van der Waals surface area contributed by atoms with E-state index in [-0.39, 0.29) is 0 Å². The van der Waals surface area contributed by atoms with Crippen LogP contribution in [0.5, 0.6) is 0 Å². The van der Waals surface area contributed by atoms with E-state index in [9.17, 15) is 0 Å². The molecule has 1 heterocycles. The van der Waals surface area contributed by atoms with Gasteiger partial charge >= 0.3 is 0 Å². The smallest absolute Gasteiger partial charge is 0.0205 e. The Morgan fingerprint density at radius 2 is 1.94 bits per heavy atom. The summed E-state index contributed by atoms with van der Waals surface area (Å²) in [4.78, 5) is 0. The second-order valence-corrected chi connectivity index (χ2v) is 6.20. The van der Waals surface area contributed by atoms with Crippen molar-refractivity contribution in [2.75, 3.05) is 12.3 Å². The number of hydrogen-bond donors (Lipinski definition) is 1. The maximum absolute atomic E-state index is 3.59. The molecule has 1 atom stereocenters. The number of thioether (sulfide) groups is 1. The lowest BCUT2D eigenvalue weighted by Gasteiger charge is -2.21. The van der Waals surface area contributed by atoms with E-state index >= 15 is 0 Å². The number of nitrogens with one attached hydrogen (secondary N) is 1. The highest BCUT2D eigenvalue weighted by molar-refractivity contribution is 7.99. The van der Waals surface area contributed by atoms with E-state index in [0.29, 0.717) is 0 Å². The monoisotopic (exact) mass is 249 g/mol. The molecule has 1 aliphatic rings. The lowest BCUT2D eigenvalue weighted by atomic mass is 10.1. The molecule has 94 valence electrons. The van der Waals surface area contributed by atoms with Crippen LogP contribution >= 0.6 is 11.8 Å². The minimum atomic E-state index is 0.846. The first-order chi connectivity index (χ1) is 8.38. The molecule has 2 rings (SSSR count). The van der Waals surface area contributed by atoms with Gasteiger partial charge in [0.1, 0.15) is 0 Å². The van der Waals surface area contributed by atoms with Gasteiger partial charge in [-0.1, -0.05) is 37.6 Å². The molecule has 1 aromatic rings.